The molecule has 2 N–H and O–H groups in total. The topological polar surface area (TPSA) is 51.3 Å². The Bertz CT molecular complexity index is 1090. The summed E-state index contributed by atoms with van der Waals surface area (Å²) < 4.78 is 42.8. The number of pyridine rings is 1. The van der Waals surface area contributed by atoms with Crippen LogP contribution in [0.15, 0.2) is 53.5 Å². The number of aromatic nitrogens is 1. The van der Waals surface area contributed by atoms with Crippen molar-refractivity contribution in [2.45, 2.75) is 30.6 Å². The number of hydrogen-bond acceptors (Lipinski definition) is 3. The highest BCUT2D eigenvalue weighted by molar-refractivity contribution is 6.32. The molecule has 0 saturated heterocycles. The van der Waals surface area contributed by atoms with E-state index in [9.17, 15) is 13.2 Å². The summed E-state index contributed by atoms with van der Waals surface area (Å²) in [5, 5.41) is 1.58. The Kier molecular flexibility index (Phi) is 5.05. The molecule has 1 aliphatic rings. The van der Waals surface area contributed by atoms with Crippen LogP contribution in [0.4, 0.5) is 13.2 Å². The number of nitrogens with two attached hydrogens (primary N) is 1. The molecule has 0 fully saturated rings. The maximum Gasteiger partial charge on any atom is 0.403 e. The summed E-state index contributed by atoms with van der Waals surface area (Å²) in [5.41, 5.74) is 5.12. The van der Waals surface area contributed by atoms with E-state index in [1.54, 1.807) is 0 Å². The molecule has 0 aliphatic carbocycles. The molecule has 4 rings (SSSR count). The fraction of sp³-hybridized carbons (Fsp3) is 0.238. The number of halogens is 5. The van der Waals surface area contributed by atoms with Crippen molar-refractivity contribution in [3.8, 4) is 0 Å². The molecule has 0 saturated carbocycles. The van der Waals surface area contributed by atoms with Crippen molar-refractivity contribution < 1.29 is 13.2 Å². The van der Waals surface area contributed by atoms with E-state index in [0.29, 0.717) is 6.54 Å². The van der Waals surface area contributed by atoms with Crippen LogP contribution in [-0.2, 0) is 12.0 Å². The van der Waals surface area contributed by atoms with Gasteiger partial charge in [-0.2, -0.15) is 13.2 Å². The maximum absolute atomic E-state index is 14.3. The fourth-order valence-electron chi connectivity index (χ4n) is 3.94. The van der Waals surface area contributed by atoms with E-state index in [1.165, 1.54) is 12.1 Å². The van der Waals surface area contributed by atoms with Crippen molar-refractivity contribution in [3.63, 3.8) is 0 Å². The first kappa shape index (κ1) is 20.1. The maximum atomic E-state index is 14.3. The lowest BCUT2D eigenvalue weighted by Gasteiger charge is -2.30. The average Bonchev–Trinajstić information content (AvgIpc) is 3.13. The van der Waals surface area contributed by atoms with Crippen molar-refractivity contribution in [1.29, 1.82) is 0 Å². The zero-order chi connectivity index (χ0) is 20.8. The molecule has 0 spiro atoms. The van der Waals surface area contributed by atoms with Crippen LogP contribution in [0.5, 0.6) is 0 Å². The van der Waals surface area contributed by atoms with E-state index in [0.717, 1.165) is 28.1 Å². The molecule has 3 aromatic rings. The van der Waals surface area contributed by atoms with Gasteiger partial charge in [0, 0.05) is 12.8 Å². The Morgan fingerprint density at radius 1 is 1.03 bits per heavy atom. The summed E-state index contributed by atoms with van der Waals surface area (Å²) in [4.78, 5) is 8.05. The second-order valence-electron chi connectivity index (χ2n) is 7.03. The average molecular weight is 438 g/mol. The van der Waals surface area contributed by atoms with Gasteiger partial charge in [-0.3, -0.25) is 4.99 Å². The predicted molar refractivity (Wildman–Crippen MR) is 110 cm³/mol. The van der Waals surface area contributed by atoms with Crippen LogP contribution in [-0.4, -0.2) is 17.4 Å². The van der Waals surface area contributed by atoms with Crippen LogP contribution < -0.4 is 5.73 Å². The van der Waals surface area contributed by atoms with Crippen LogP contribution >= 0.6 is 23.2 Å². The van der Waals surface area contributed by atoms with Gasteiger partial charge in [0.05, 0.1) is 6.04 Å². The lowest BCUT2D eigenvalue weighted by atomic mass is 9.77. The van der Waals surface area contributed by atoms with Crippen molar-refractivity contribution in [2.24, 2.45) is 10.7 Å². The number of aliphatic imine (C=N–C) groups is 1. The summed E-state index contributed by atoms with van der Waals surface area (Å²) in [7, 11) is 0. The highest BCUT2D eigenvalue weighted by atomic mass is 35.5. The van der Waals surface area contributed by atoms with Gasteiger partial charge in [0.2, 0.25) is 0 Å². The first-order valence-corrected chi connectivity index (χ1v) is 9.66. The standard InChI is InChI=1S/C21H16Cl2F3N3/c22-18-7-13(8-19(23)29-18)20(21(24,25)26)9-17(28-11-20)16-6-5-12(10-27)14-3-1-2-4-15(14)16/h1-8,11,17H,9-10,27H2. The van der Waals surface area contributed by atoms with Crippen molar-refractivity contribution in [3.05, 3.63) is 75.5 Å². The molecule has 3 nitrogen and oxygen atoms in total. The Morgan fingerprint density at radius 3 is 2.31 bits per heavy atom. The first-order chi connectivity index (χ1) is 13.7. The zero-order valence-electron chi connectivity index (χ0n) is 15.0. The summed E-state index contributed by atoms with van der Waals surface area (Å²) in [6, 6.07) is 12.9. The van der Waals surface area contributed by atoms with Crippen molar-refractivity contribution in [2.75, 3.05) is 0 Å². The highest BCUT2D eigenvalue weighted by Gasteiger charge is 2.58. The first-order valence-electron chi connectivity index (χ1n) is 8.90. The number of alkyl halides is 3. The smallest absolute Gasteiger partial charge is 0.326 e. The van der Waals surface area contributed by atoms with E-state index in [-0.39, 0.29) is 22.3 Å². The third-order valence-corrected chi connectivity index (χ3v) is 5.79. The molecule has 8 heteroatoms. The van der Waals surface area contributed by atoms with Crippen LogP contribution in [0.2, 0.25) is 10.3 Å². The SMILES string of the molecule is NCc1ccc(C2CC(c3cc(Cl)nc(Cl)c3)(C(F)(F)F)C=N2)c2ccccc12. The van der Waals surface area contributed by atoms with Gasteiger partial charge in [-0.15, -0.1) is 0 Å². The van der Waals surface area contributed by atoms with E-state index in [4.69, 9.17) is 28.9 Å². The van der Waals surface area contributed by atoms with E-state index >= 15 is 0 Å². The Hall–Kier alpha value is -2.15. The molecule has 150 valence electrons. The summed E-state index contributed by atoms with van der Waals surface area (Å²) in [6.07, 6.45) is -3.88. The minimum absolute atomic E-state index is 0.0656. The summed E-state index contributed by atoms with van der Waals surface area (Å²) >= 11 is 11.8. The lowest BCUT2D eigenvalue weighted by Crippen LogP contribution is -2.42. The number of fused-ring (bicyclic) bond motifs is 1. The lowest BCUT2D eigenvalue weighted by molar-refractivity contribution is -0.168. The monoisotopic (exact) mass is 437 g/mol. The molecule has 0 amide bonds. The third-order valence-electron chi connectivity index (χ3n) is 5.40. The molecule has 2 atom stereocenters. The summed E-state index contributed by atoms with van der Waals surface area (Å²) in [6.45, 7) is 0.342. The molecule has 29 heavy (non-hydrogen) atoms. The summed E-state index contributed by atoms with van der Waals surface area (Å²) in [5.74, 6) is 0. The van der Waals surface area contributed by atoms with E-state index in [1.807, 2.05) is 36.4 Å². The van der Waals surface area contributed by atoms with Gasteiger partial charge in [0.1, 0.15) is 15.7 Å². The molecule has 0 radical (unpaired) electrons. The quantitative estimate of drug-likeness (QED) is 0.509. The Morgan fingerprint density at radius 2 is 1.69 bits per heavy atom. The van der Waals surface area contributed by atoms with Crippen LogP contribution in [0.25, 0.3) is 10.8 Å². The second kappa shape index (κ2) is 7.27. The van der Waals surface area contributed by atoms with Gasteiger partial charge in [0.15, 0.2) is 0 Å². The number of hydrogen-bond donors (Lipinski definition) is 1. The number of rotatable bonds is 3. The van der Waals surface area contributed by atoms with Crippen molar-refractivity contribution in [1.82, 2.24) is 4.98 Å². The van der Waals surface area contributed by atoms with E-state index in [2.05, 4.69) is 9.98 Å². The molecule has 2 aromatic carbocycles. The minimum atomic E-state index is -4.58. The predicted octanol–water partition coefficient (Wildman–Crippen LogP) is 6.02. The molecule has 1 aliphatic heterocycles. The largest absolute Gasteiger partial charge is 0.403 e. The Balaban J connectivity index is 1.83. The Labute approximate surface area is 175 Å². The number of benzene rings is 2. The van der Waals surface area contributed by atoms with Crippen LogP contribution in [0.1, 0.15) is 29.2 Å². The molecule has 2 heterocycles. The van der Waals surface area contributed by atoms with Gasteiger partial charge >= 0.3 is 6.18 Å². The molecular formula is C21H16Cl2F3N3. The molecule has 2 unspecified atom stereocenters. The van der Waals surface area contributed by atoms with Crippen LogP contribution in [0.3, 0.4) is 0 Å². The van der Waals surface area contributed by atoms with Crippen LogP contribution in [0, 0.1) is 0 Å². The molecule has 1 aromatic heterocycles. The van der Waals surface area contributed by atoms with Gasteiger partial charge in [-0.05, 0) is 46.0 Å². The fourth-order valence-corrected chi connectivity index (χ4v) is 4.40. The zero-order valence-corrected chi connectivity index (χ0v) is 16.6. The van der Waals surface area contributed by atoms with Gasteiger partial charge in [-0.25, -0.2) is 4.98 Å². The minimum Gasteiger partial charge on any atom is -0.326 e. The highest BCUT2D eigenvalue weighted by Crippen LogP contribution is 2.51. The van der Waals surface area contributed by atoms with Gasteiger partial charge in [-0.1, -0.05) is 59.6 Å². The molecular weight excluding hydrogens is 422 g/mol. The number of nitrogens with zero attached hydrogens (tertiary/aromatic N) is 2. The van der Waals surface area contributed by atoms with Gasteiger partial charge < -0.3 is 5.73 Å². The van der Waals surface area contributed by atoms with Crippen molar-refractivity contribution >= 4 is 40.2 Å². The second-order valence-corrected chi connectivity index (χ2v) is 7.81. The third kappa shape index (κ3) is 3.39. The van der Waals surface area contributed by atoms with Gasteiger partial charge in [0.25, 0.3) is 0 Å². The normalized spacial score (nSPS) is 21.8. The molecule has 0 bridgehead atoms. The van der Waals surface area contributed by atoms with E-state index < -0.39 is 17.6 Å².